The number of rotatable bonds is 5. The van der Waals surface area contributed by atoms with Crippen molar-refractivity contribution < 1.29 is 19.1 Å². The predicted molar refractivity (Wildman–Crippen MR) is 99.9 cm³/mol. The maximum Gasteiger partial charge on any atom is 0.301 e. The Morgan fingerprint density at radius 3 is 2.77 bits per heavy atom. The second kappa shape index (κ2) is 7.70. The van der Waals surface area contributed by atoms with Crippen LogP contribution < -0.4 is 5.48 Å². The van der Waals surface area contributed by atoms with Gasteiger partial charge in [-0.15, -0.1) is 0 Å². The van der Waals surface area contributed by atoms with Crippen LogP contribution in [0.3, 0.4) is 0 Å². The zero-order valence-electron chi connectivity index (χ0n) is 16.4. The van der Waals surface area contributed by atoms with Crippen LogP contribution in [0.15, 0.2) is 17.7 Å². The fourth-order valence-electron chi connectivity index (χ4n) is 4.20. The molecule has 1 aromatic rings. The molecule has 5 heteroatoms. The number of carbonyl (C=O) groups is 1. The van der Waals surface area contributed by atoms with Gasteiger partial charge < -0.3 is 9.47 Å². The van der Waals surface area contributed by atoms with Gasteiger partial charge in [-0.3, -0.25) is 15.1 Å². The molecule has 1 aliphatic carbocycles. The fraction of sp³-hybridized carbons (Fsp3) is 0.571. The second-order valence-corrected chi connectivity index (χ2v) is 7.08. The van der Waals surface area contributed by atoms with Crippen molar-refractivity contribution in [3.63, 3.8) is 0 Å². The van der Waals surface area contributed by atoms with Gasteiger partial charge in [0, 0.05) is 5.56 Å². The third-order valence-corrected chi connectivity index (χ3v) is 5.41. The van der Waals surface area contributed by atoms with E-state index in [0.29, 0.717) is 19.2 Å². The number of ether oxygens (including phenoxy) is 2. The maximum absolute atomic E-state index is 12.0. The summed E-state index contributed by atoms with van der Waals surface area (Å²) in [4.78, 5) is 17.3. The van der Waals surface area contributed by atoms with E-state index in [1.54, 1.807) is 6.92 Å². The molecule has 0 amide bonds. The van der Waals surface area contributed by atoms with Crippen LogP contribution in [0.2, 0.25) is 0 Å². The highest BCUT2D eigenvalue weighted by Crippen LogP contribution is 2.41. The van der Waals surface area contributed by atoms with E-state index in [2.05, 4.69) is 18.5 Å². The van der Waals surface area contributed by atoms with Crippen molar-refractivity contribution in [1.29, 1.82) is 0 Å². The van der Waals surface area contributed by atoms with Gasteiger partial charge in [-0.2, -0.15) is 0 Å². The zero-order chi connectivity index (χ0) is 18.8. The maximum atomic E-state index is 12.0. The molecule has 142 valence electrons. The lowest BCUT2D eigenvalue weighted by molar-refractivity contribution is -0.0925. The Balaban J connectivity index is 1.90. The molecule has 3 rings (SSSR count). The summed E-state index contributed by atoms with van der Waals surface area (Å²) in [7, 11) is 0. The number of aryl methyl sites for hydroxylation is 1. The molecule has 1 aromatic carbocycles. The highest BCUT2D eigenvalue weighted by Gasteiger charge is 2.38. The van der Waals surface area contributed by atoms with Crippen molar-refractivity contribution in [2.24, 2.45) is 0 Å². The Labute approximate surface area is 155 Å². The Morgan fingerprint density at radius 2 is 2.12 bits per heavy atom. The normalized spacial score (nSPS) is 23.3. The van der Waals surface area contributed by atoms with E-state index in [1.807, 2.05) is 20.8 Å². The quantitative estimate of drug-likeness (QED) is 0.634. The molecule has 0 bridgehead atoms. The van der Waals surface area contributed by atoms with E-state index in [0.717, 1.165) is 41.6 Å². The average Bonchev–Trinajstić information content (AvgIpc) is 2.61. The van der Waals surface area contributed by atoms with Crippen LogP contribution in [0, 0.1) is 13.8 Å². The number of benzene rings is 1. The van der Waals surface area contributed by atoms with Gasteiger partial charge in [0.15, 0.2) is 5.78 Å². The monoisotopic (exact) mass is 359 g/mol. The number of fused-ring (bicyclic) bond motifs is 3. The molecule has 2 aliphatic rings. The topological polar surface area (TPSA) is 56.8 Å². The number of hydrogen-bond donors (Lipinski definition) is 1. The molecule has 0 aromatic heterocycles. The summed E-state index contributed by atoms with van der Waals surface area (Å²) in [6.07, 6.45) is 2.70. The summed E-state index contributed by atoms with van der Waals surface area (Å²) in [5.74, 6) is 0.895. The van der Waals surface area contributed by atoms with Crippen LogP contribution in [0.5, 0.6) is 0 Å². The van der Waals surface area contributed by atoms with Crippen molar-refractivity contribution in [3.05, 3.63) is 45.5 Å². The van der Waals surface area contributed by atoms with Crippen LogP contribution in [-0.4, -0.2) is 25.1 Å². The van der Waals surface area contributed by atoms with Gasteiger partial charge in [-0.25, -0.2) is 0 Å². The first-order chi connectivity index (χ1) is 12.5. The first-order valence-corrected chi connectivity index (χ1v) is 9.52. The minimum absolute atomic E-state index is 0.0956. The number of allylic oxidation sites excluding steroid dienone is 1. The number of Topliss-reactive ketones (excluding diaryl/α,β-unsaturated/α-hetero) is 1. The zero-order valence-corrected chi connectivity index (χ0v) is 16.4. The van der Waals surface area contributed by atoms with Crippen molar-refractivity contribution in [1.82, 2.24) is 5.48 Å². The van der Waals surface area contributed by atoms with Gasteiger partial charge in [-0.05, 0) is 69.2 Å². The summed E-state index contributed by atoms with van der Waals surface area (Å²) in [5.41, 5.74) is 9.39. The summed E-state index contributed by atoms with van der Waals surface area (Å²) in [6, 6.07) is 2.16. The van der Waals surface area contributed by atoms with Gasteiger partial charge in [0.2, 0.25) is 0 Å². The van der Waals surface area contributed by atoms with E-state index < -0.39 is 0 Å². The Morgan fingerprint density at radius 1 is 1.35 bits per heavy atom. The molecular formula is C21H29NO4. The molecular weight excluding hydrogens is 330 g/mol. The minimum atomic E-state index is 0.0956. The average molecular weight is 359 g/mol. The Bertz CT molecular complexity index is 738. The number of carbonyl (C=O) groups excluding carboxylic acids is 1. The second-order valence-electron chi connectivity index (χ2n) is 7.08. The van der Waals surface area contributed by atoms with Crippen LogP contribution in [0.25, 0.3) is 0 Å². The van der Waals surface area contributed by atoms with Crippen LogP contribution in [0.4, 0.5) is 0 Å². The van der Waals surface area contributed by atoms with Crippen molar-refractivity contribution in [2.75, 3.05) is 13.2 Å². The van der Waals surface area contributed by atoms with Crippen LogP contribution >= 0.6 is 0 Å². The number of nitrogens with one attached hydrogen (secondary N) is 1. The molecule has 0 radical (unpaired) electrons. The summed E-state index contributed by atoms with van der Waals surface area (Å²) in [6.45, 7) is 10.9. The lowest BCUT2D eigenvalue weighted by Crippen LogP contribution is -2.37. The highest BCUT2D eigenvalue weighted by atomic mass is 16.7. The molecule has 1 heterocycles. The van der Waals surface area contributed by atoms with Gasteiger partial charge >= 0.3 is 5.95 Å². The van der Waals surface area contributed by atoms with E-state index in [1.165, 1.54) is 11.1 Å². The SMILES string of the molecule is CCONC(CC)=C1OCC2c3cc(C)c(C(C)=O)c(C)c3CCC2O1. The lowest BCUT2D eigenvalue weighted by Gasteiger charge is -2.39. The number of hydrogen-bond acceptors (Lipinski definition) is 5. The van der Waals surface area contributed by atoms with E-state index >= 15 is 0 Å². The Kier molecular flexibility index (Phi) is 5.56. The summed E-state index contributed by atoms with van der Waals surface area (Å²) in [5, 5.41) is 0. The molecule has 1 fully saturated rings. The largest absolute Gasteiger partial charge is 0.463 e. The third kappa shape index (κ3) is 3.32. The molecule has 1 N–H and O–H groups in total. The predicted octanol–water partition coefficient (Wildman–Crippen LogP) is 4.07. The van der Waals surface area contributed by atoms with E-state index in [4.69, 9.17) is 14.3 Å². The first-order valence-electron chi connectivity index (χ1n) is 9.52. The molecule has 5 nitrogen and oxygen atoms in total. The molecule has 0 saturated carbocycles. The molecule has 1 saturated heterocycles. The molecule has 1 aliphatic heterocycles. The first kappa shape index (κ1) is 18.8. The molecule has 0 spiro atoms. The Hall–Kier alpha value is -2.01. The van der Waals surface area contributed by atoms with Crippen LogP contribution in [-0.2, 0) is 20.7 Å². The molecule has 2 unspecified atom stereocenters. The molecule has 2 atom stereocenters. The molecule has 26 heavy (non-hydrogen) atoms. The van der Waals surface area contributed by atoms with Crippen molar-refractivity contribution in [3.8, 4) is 0 Å². The minimum Gasteiger partial charge on any atom is -0.463 e. The standard InChI is InChI=1S/C21H29NO4/c1-6-18(22-25-7-2)21-24-11-17-16-10-12(3)20(14(5)23)13(4)15(16)8-9-19(17)26-21/h10,17,19,22H,6-9,11H2,1-5H3. The van der Waals surface area contributed by atoms with Crippen molar-refractivity contribution >= 4 is 5.78 Å². The van der Waals surface area contributed by atoms with Gasteiger partial charge in [0.1, 0.15) is 18.4 Å². The third-order valence-electron chi connectivity index (χ3n) is 5.41. The lowest BCUT2D eigenvalue weighted by atomic mass is 9.76. The van der Waals surface area contributed by atoms with E-state index in [9.17, 15) is 4.79 Å². The smallest absolute Gasteiger partial charge is 0.301 e. The van der Waals surface area contributed by atoms with E-state index in [-0.39, 0.29) is 17.8 Å². The van der Waals surface area contributed by atoms with Crippen molar-refractivity contribution in [2.45, 2.75) is 65.9 Å². The highest BCUT2D eigenvalue weighted by molar-refractivity contribution is 5.97. The van der Waals surface area contributed by atoms with Gasteiger partial charge in [0.05, 0.1) is 12.5 Å². The fourth-order valence-corrected chi connectivity index (χ4v) is 4.20. The van der Waals surface area contributed by atoms with Gasteiger partial charge in [-0.1, -0.05) is 13.0 Å². The van der Waals surface area contributed by atoms with Crippen LogP contribution in [0.1, 0.15) is 72.1 Å². The number of hydroxylamine groups is 1. The summed E-state index contributed by atoms with van der Waals surface area (Å²) >= 11 is 0. The van der Waals surface area contributed by atoms with Gasteiger partial charge in [0.25, 0.3) is 0 Å². The number of ketones is 1. The summed E-state index contributed by atoms with van der Waals surface area (Å²) < 4.78 is 12.2.